The molecule has 0 bridgehead atoms. The number of hydrogen-bond donors (Lipinski definition) is 1. The van der Waals surface area contributed by atoms with Crippen molar-refractivity contribution in [2.45, 2.75) is 33.4 Å². The summed E-state index contributed by atoms with van der Waals surface area (Å²) in [6, 6.07) is 0.465. The molecule has 0 aliphatic carbocycles. The van der Waals surface area contributed by atoms with Gasteiger partial charge in [-0.3, -0.25) is 9.30 Å². The Morgan fingerprint density at radius 1 is 1.38 bits per heavy atom. The average molecular weight is 308 g/mol. The molecule has 116 valence electrons. The van der Waals surface area contributed by atoms with Gasteiger partial charge in [0.15, 0.2) is 4.96 Å². The maximum absolute atomic E-state index is 5.40. The summed E-state index contributed by atoms with van der Waals surface area (Å²) in [6.45, 7) is 12.3. The molecule has 0 spiro atoms. The highest BCUT2D eigenvalue weighted by Gasteiger charge is 2.16. The largest absolute Gasteiger partial charge is 0.379 e. The summed E-state index contributed by atoms with van der Waals surface area (Å²) >= 11 is 1.71. The van der Waals surface area contributed by atoms with E-state index in [1.807, 2.05) is 0 Å². The number of thiazole rings is 1. The van der Waals surface area contributed by atoms with Gasteiger partial charge in [0.05, 0.1) is 24.6 Å². The second-order valence-corrected chi connectivity index (χ2v) is 6.67. The number of morpholine rings is 1. The first-order chi connectivity index (χ1) is 10.1. The van der Waals surface area contributed by atoms with Crippen molar-refractivity contribution in [2.75, 3.05) is 32.8 Å². The Labute approximate surface area is 129 Å². The smallest absolute Gasteiger partial charge is 0.194 e. The third-order valence-electron chi connectivity index (χ3n) is 4.08. The first kappa shape index (κ1) is 15.0. The summed E-state index contributed by atoms with van der Waals surface area (Å²) in [6.07, 6.45) is 0. The van der Waals surface area contributed by atoms with Gasteiger partial charge < -0.3 is 10.1 Å². The minimum atomic E-state index is 0.465. The second kappa shape index (κ2) is 6.44. The van der Waals surface area contributed by atoms with E-state index in [1.54, 1.807) is 11.3 Å². The third-order valence-corrected chi connectivity index (χ3v) is 5.03. The van der Waals surface area contributed by atoms with E-state index in [0.717, 1.165) is 50.0 Å². The molecule has 21 heavy (non-hydrogen) atoms. The number of nitrogens with one attached hydrogen (secondary N) is 1. The van der Waals surface area contributed by atoms with Gasteiger partial charge >= 0.3 is 0 Å². The maximum atomic E-state index is 5.40. The van der Waals surface area contributed by atoms with Gasteiger partial charge in [0.2, 0.25) is 0 Å². The molecule has 3 heterocycles. The van der Waals surface area contributed by atoms with Crippen LogP contribution in [0.1, 0.15) is 24.0 Å². The zero-order chi connectivity index (χ0) is 14.8. The van der Waals surface area contributed by atoms with E-state index < -0.39 is 0 Å². The lowest BCUT2D eigenvalue weighted by molar-refractivity contribution is 0.0343. The first-order valence-electron chi connectivity index (χ1n) is 7.60. The molecule has 1 atom stereocenters. The van der Waals surface area contributed by atoms with Crippen molar-refractivity contribution in [3.63, 3.8) is 0 Å². The van der Waals surface area contributed by atoms with Gasteiger partial charge in [-0.2, -0.15) is 0 Å². The van der Waals surface area contributed by atoms with Crippen LogP contribution in [0.15, 0.2) is 5.38 Å². The summed E-state index contributed by atoms with van der Waals surface area (Å²) in [7, 11) is 0. The van der Waals surface area contributed by atoms with Crippen molar-refractivity contribution in [2.24, 2.45) is 0 Å². The van der Waals surface area contributed by atoms with E-state index in [2.05, 4.69) is 45.8 Å². The van der Waals surface area contributed by atoms with Crippen molar-refractivity contribution in [1.82, 2.24) is 19.6 Å². The number of nitrogens with zero attached hydrogens (tertiary/aromatic N) is 3. The molecule has 1 aliphatic rings. The Morgan fingerprint density at radius 3 is 2.90 bits per heavy atom. The van der Waals surface area contributed by atoms with E-state index in [4.69, 9.17) is 4.74 Å². The van der Waals surface area contributed by atoms with Crippen LogP contribution in [-0.2, 0) is 11.3 Å². The fraction of sp³-hybridized carbons (Fsp3) is 0.667. The highest BCUT2D eigenvalue weighted by atomic mass is 32.1. The van der Waals surface area contributed by atoms with Crippen molar-refractivity contribution in [1.29, 1.82) is 0 Å². The summed E-state index contributed by atoms with van der Waals surface area (Å²) < 4.78 is 7.67. The Balaban J connectivity index is 1.60. The van der Waals surface area contributed by atoms with E-state index in [1.165, 1.54) is 11.4 Å². The molecule has 2 aromatic rings. The predicted molar refractivity (Wildman–Crippen MR) is 86.1 cm³/mol. The summed E-state index contributed by atoms with van der Waals surface area (Å²) in [5, 5.41) is 5.81. The quantitative estimate of drug-likeness (QED) is 0.915. The van der Waals surface area contributed by atoms with Gasteiger partial charge in [-0.05, 0) is 20.8 Å². The van der Waals surface area contributed by atoms with Crippen LogP contribution in [0.4, 0.5) is 0 Å². The van der Waals surface area contributed by atoms with Crippen LogP contribution >= 0.6 is 11.3 Å². The molecule has 1 N–H and O–H groups in total. The van der Waals surface area contributed by atoms with E-state index in [9.17, 15) is 0 Å². The van der Waals surface area contributed by atoms with Crippen LogP contribution in [0, 0.1) is 13.8 Å². The topological polar surface area (TPSA) is 41.8 Å². The first-order valence-corrected chi connectivity index (χ1v) is 8.48. The molecule has 6 heteroatoms. The molecule has 0 amide bonds. The number of imidazole rings is 1. The van der Waals surface area contributed by atoms with Gasteiger partial charge in [-0.15, -0.1) is 11.3 Å². The third kappa shape index (κ3) is 3.29. The minimum Gasteiger partial charge on any atom is -0.379 e. The molecule has 0 aromatic carbocycles. The lowest BCUT2D eigenvalue weighted by Gasteiger charge is -2.29. The molecule has 1 unspecified atom stereocenters. The fourth-order valence-corrected chi connectivity index (χ4v) is 3.81. The van der Waals surface area contributed by atoms with Crippen LogP contribution in [0.5, 0.6) is 0 Å². The monoisotopic (exact) mass is 308 g/mol. The van der Waals surface area contributed by atoms with E-state index >= 15 is 0 Å². The summed E-state index contributed by atoms with van der Waals surface area (Å²) in [5.41, 5.74) is 3.70. The second-order valence-electron chi connectivity index (χ2n) is 5.83. The van der Waals surface area contributed by atoms with Gasteiger partial charge in [-0.1, -0.05) is 0 Å². The molecule has 0 saturated carbocycles. The van der Waals surface area contributed by atoms with Crippen LogP contribution in [-0.4, -0.2) is 53.2 Å². The standard InChI is InChI=1S/C15H24N4OS/c1-11(9-18-4-6-20-7-5-18)16-8-14-13(3)17-15-19(14)12(2)10-21-15/h10-11,16H,4-9H2,1-3H3. The summed E-state index contributed by atoms with van der Waals surface area (Å²) in [4.78, 5) is 8.21. The van der Waals surface area contributed by atoms with Gasteiger partial charge in [-0.25, -0.2) is 4.98 Å². The number of aromatic nitrogens is 2. The van der Waals surface area contributed by atoms with Crippen molar-refractivity contribution < 1.29 is 4.74 Å². The van der Waals surface area contributed by atoms with Crippen LogP contribution in [0.3, 0.4) is 0 Å². The molecular formula is C15H24N4OS. The Hall–Kier alpha value is -0.950. The molecule has 0 radical (unpaired) electrons. The zero-order valence-corrected chi connectivity index (χ0v) is 13.9. The highest BCUT2D eigenvalue weighted by molar-refractivity contribution is 7.15. The number of hydrogen-bond acceptors (Lipinski definition) is 5. The van der Waals surface area contributed by atoms with Crippen LogP contribution < -0.4 is 5.32 Å². The Bertz CT molecular complexity index is 600. The zero-order valence-electron chi connectivity index (χ0n) is 13.1. The SMILES string of the molecule is Cc1nc2scc(C)n2c1CNC(C)CN1CCOCC1. The maximum Gasteiger partial charge on any atom is 0.194 e. The molecule has 3 rings (SSSR count). The Morgan fingerprint density at radius 2 is 2.14 bits per heavy atom. The number of aryl methyl sites for hydroxylation is 2. The van der Waals surface area contributed by atoms with Crippen LogP contribution in [0.2, 0.25) is 0 Å². The van der Waals surface area contributed by atoms with Crippen molar-refractivity contribution in [3.8, 4) is 0 Å². The lowest BCUT2D eigenvalue weighted by atomic mass is 10.2. The fourth-order valence-electron chi connectivity index (χ4n) is 2.88. The molecular weight excluding hydrogens is 284 g/mol. The molecule has 1 aliphatic heterocycles. The molecule has 1 saturated heterocycles. The number of ether oxygens (including phenoxy) is 1. The van der Waals surface area contributed by atoms with Gasteiger partial charge in [0.1, 0.15) is 0 Å². The van der Waals surface area contributed by atoms with Crippen LogP contribution in [0.25, 0.3) is 4.96 Å². The van der Waals surface area contributed by atoms with Gasteiger partial charge in [0, 0.05) is 43.3 Å². The van der Waals surface area contributed by atoms with Gasteiger partial charge in [0.25, 0.3) is 0 Å². The average Bonchev–Trinajstić information content (AvgIpc) is 2.97. The van der Waals surface area contributed by atoms with Crippen molar-refractivity contribution >= 4 is 16.3 Å². The Kier molecular flexibility index (Phi) is 4.59. The predicted octanol–water partition coefficient (Wildman–Crippen LogP) is 1.82. The lowest BCUT2D eigenvalue weighted by Crippen LogP contribution is -2.44. The normalized spacial score (nSPS) is 18.4. The number of fused-ring (bicyclic) bond motifs is 1. The minimum absolute atomic E-state index is 0.465. The molecule has 2 aromatic heterocycles. The van der Waals surface area contributed by atoms with Crippen molar-refractivity contribution in [3.05, 3.63) is 22.5 Å². The number of rotatable bonds is 5. The summed E-state index contributed by atoms with van der Waals surface area (Å²) in [5.74, 6) is 0. The van der Waals surface area contributed by atoms with E-state index in [-0.39, 0.29) is 0 Å². The highest BCUT2D eigenvalue weighted by Crippen LogP contribution is 2.20. The molecule has 5 nitrogen and oxygen atoms in total. The van der Waals surface area contributed by atoms with E-state index in [0.29, 0.717) is 6.04 Å². The molecule has 1 fully saturated rings.